The van der Waals surface area contributed by atoms with Crippen molar-refractivity contribution in [2.24, 2.45) is 43.3 Å². The average molecular weight is 2570 g/mol. The zero-order chi connectivity index (χ0) is 98.2. The molecule has 19 nitrogen and oxygen atoms in total. The molecule has 4 radical (unpaired) electrons. The molecule has 0 aliphatic rings. The van der Waals surface area contributed by atoms with Gasteiger partial charge in [-0.15, -0.1) is 0 Å². The van der Waals surface area contributed by atoms with Crippen LogP contribution in [0.5, 0.6) is 17.2 Å². The summed E-state index contributed by atoms with van der Waals surface area (Å²) in [6, 6.07) is 58.6. The van der Waals surface area contributed by atoms with E-state index in [1.54, 1.807) is 27.5 Å². The molecule has 0 spiro atoms. The first kappa shape index (κ1) is 125. The molecule has 8 N–H and O–H groups in total. The van der Waals surface area contributed by atoms with Crippen molar-refractivity contribution < 1.29 is 135 Å². The molecule has 4 aromatic carbocycles. The molecule has 0 saturated carbocycles. The summed E-state index contributed by atoms with van der Waals surface area (Å²) in [5.41, 5.74) is 14.5. The fourth-order valence-corrected chi connectivity index (χ4v) is 13.5. The quantitative estimate of drug-likeness (QED) is 0.0417. The SMILES string of the molecule is CC(C)(C)C(O)CC(O)C(C)(C)C.CC(C)(C)C(O)CC(O)C(C)(C)C.CC(C)(C)C(O)CC(O)C(C)(C)C.CC(C)(C)C(O)CC(O)C(C)(C)C.COc1ccc2nc(-c3ccc(C)cn3)ccc2c1.COc1ccc2nc(-c3cccc(C)n3)ccc2c1.COc1ccc2nc(-c3ccccn3)ccc2c1.Cc1cnc(-c2ccc3cc([Si](C)(C)C)ccc3n2)c(C)c1.[Ir].[Ir].[Ir].[Ir]. The zero-order valence-electron chi connectivity index (χ0n) is 86.1. The molecule has 0 bridgehead atoms. The van der Waals surface area contributed by atoms with Gasteiger partial charge in [0, 0.05) is 152 Å². The molecule has 0 amide bonds. The number of aryl methyl sites for hydroxylation is 4. The molecular formula is C110H158Ir4N8O11Si. The van der Waals surface area contributed by atoms with E-state index in [1.807, 2.05) is 332 Å². The Hall–Kier alpha value is -6.99. The standard InChI is InChI=1S/C19H22N2Si.2C16H14N2O.C15H12N2O.4C11H24O2.4Ir/c1-13-10-14(2)19(20-12-13)18-8-6-15-11-16(22(3,4)5)7-9-17(15)21-18;1-11-3-6-15(17-10-11)16-7-4-12-9-13(19-2)5-8-14(12)18-16;1-11-4-3-5-15(17-11)16-8-6-12-10-13(19-2)7-9-14(12)18-16;1-18-12-6-8-13-11(10-12)5-7-15(17-13)14-4-2-3-9-16-14;4*1-10(2,3)8(12)7-9(13)11(4,5)6;;;;/h6-12H,1-5H3;2*3-10H,1-2H3;2-10H,1H3;4*8-9,12-13H,7H2,1-6H3;;;;. The third-order valence-corrected chi connectivity index (χ3v) is 24.8. The van der Waals surface area contributed by atoms with Crippen molar-refractivity contribution in [3.05, 3.63) is 217 Å². The number of ether oxygens (including phenoxy) is 3. The van der Waals surface area contributed by atoms with E-state index < -0.39 is 56.9 Å². The van der Waals surface area contributed by atoms with Gasteiger partial charge in [0.15, 0.2) is 0 Å². The number of fused-ring (bicyclic) bond motifs is 4. The molecule has 8 heterocycles. The second kappa shape index (κ2) is 54.5. The second-order valence-corrected chi connectivity index (χ2v) is 49.0. The van der Waals surface area contributed by atoms with E-state index in [-0.39, 0.29) is 124 Å². The van der Waals surface area contributed by atoms with Crippen molar-refractivity contribution in [1.29, 1.82) is 0 Å². The van der Waals surface area contributed by atoms with Crippen molar-refractivity contribution in [3.63, 3.8) is 0 Å². The minimum Gasteiger partial charge on any atom is -0.497 e. The van der Waals surface area contributed by atoms with E-state index in [0.29, 0.717) is 25.7 Å². The predicted molar refractivity (Wildman–Crippen MR) is 544 cm³/mol. The van der Waals surface area contributed by atoms with Gasteiger partial charge in [0.2, 0.25) is 0 Å². The van der Waals surface area contributed by atoms with Crippen LogP contribution in [0.2, 0.25) is 19.6 Å². The van der Waals surface area contributed by atoms with E-state index in [1.165, 1.54) is 21.7 Å². The molecule has 8 atom stereocenters. The number of nitrogens with zero attached hydrogens (tertiary/aromatic N) is 8. The van der Waals surface area contributed by atoms with Crippen LogP contribution in [0.15, 0.2) is 195 Å². The van der Waals surface area contributed by atoms with E-state index in [4.69, 9.17) is 19.2 Å². The summed E-state index contributed by atoms with van der Waals surface area (Å²) in [5.74, 6) is 2.53. The first-order valence-corrected chi connectivity index (χ1v) is 48.9. The van der Waals surface area contributed by atoms with Crippen molar-refractivity contribution in [2.45, 2.75) is 288 Å². The maximum atomic E-state index is 9.76. The Morgan fingerprint density at radius 1 is 0.276 bits per heavy atom. The maximum absolute atomic E-state index is 9.76. The summed E-state index contributed by atoms with van der Waals surface area (Å²) in [4.78, 5) is 36.4. The molecule has 0 aliphatic carbocycles. The summed E-state index contributed by atoms with van der Waals surface area (Å²) in [6.45, 7) is 62.8. The predicted octanol–water partition coefficient (Wildman–Crippen LogP) is 23.7. The van der Waals surface area contributed by atoms with Gasteiger partial charge in [-0.05, 0) is 203 Å². The number of rotatable bonds is 16. The molecule has 134 heavy (non-hydrogen) atoms. The molecule has 744 valence electrons. The second-order valence-electron chi connectivity index (χ2n) is 43.9. The molecule has 0 fully saturated rings. The van der Waals surface area contributed by atoms with Gasteiger partial charge in [0.1, 0.15) is 17.2 Å². The van der Waals surface area contributed by atoms with Crippen LogP contribution in [0.25, 0.3) is 89.2 Å². The van der Waals surface area contributed by atoms with Crippen LogP contribution in [-0.2, 0) is 80.4 Å². The van der Waals surface area contributed by atoms with Crippen molar-refractivity contribution in [1.82, 2.24) is 39.9 Å². The fraction of sp³-hybridized carbons (Fsp3) is 0.491. The third-order valence-electron chi connectivity index (χ3n) is 22.7. The molecule has 12 rings (SSSR count). The Balaban J connectivity index is 0.000000770. The van der Waals surface area contributed by atoms with E-state index in [2.05, 4.69) is 105 Å². The molecule has 12 aromatic rings. The molecule has 0 saturated heterocycles. The number of aliphatic hydroxyl groups excluding tert-OH is 8. The monoisotopic (exact) mass is 2570 g/mol. The Morgan fingerprint density at radius 3 is 0.851 bits per heavy atom. The van der Waals surface area contributed by atoms with Gasteiger partial charge < -0.3 is 55.1 Å². The molecule has 8 aromatic heterocycles. The number of aromatic nitrogens is 8. The zero-order valence-corrected chi connectivity index (χ0v) is 96.7. The van der Waals surface area contributed by atoms with Gasteiger partial charge in [-0.25, -0.2) is 19.9 Å². The van der Waals surface area contributed by atoms with Gasteiger partial charge in [-0.1, -0.05) is 252 Å². The van der Waals surface area contributed by atoms with Gasteiger partial charge in [0.25, 0.3) is 0 Å². The van der Waals surface area contributed by atoms with E-state index in [0.717, 1.165) is 112 Å². The van der Waals surface area contributed by atoms with Gasteiger partial charge in [-0.3, -0.25) is 19.9 Å². The topological polar surface area (TPSA) is 293 Å². The normalized spacial score (nSPS) is 13.5. The Kier molecular flexibility index (Phi) is 50.9. The number of hydrogen-bond donors (Lipinski definition) is 8. The summed E-state index contributed by atoms with van der Waals surface area (Å²) >= 11 is 0. The summed E-state index contributed by atoms with van der Waals surface area (Å²) in [7, 11) is 3.71. The fourth-order valence-electron chi connectivity index (χ4n) is 12.3. The number of methoxy groups -OCH3 is 3. The Morgan fingerprint density at radius 2 is 0.560 bits per heavy atom. The number of aliphatic hydroxyl groups is 8. The first-order valence-electron chi connectivity index (χ1n) is 45.4. The molecule has 0 aliphatic heterocycles. The van der Waals surface area contributed by atoms with Crippen molar-refractivity contribution in [2.75, 3.05) is 21.3 Å². The van der Waals surface area contributed by atoms with E-state index in [9.17, 15) is 40.9 Å². The van der Waals surface area contributed by atoms with Gasteiger partial charge in [-0.2, -0.15) is 0 Å². The smallest absolute Gasteiger partial charge is 0.119 e. The maximum Gasteiger partial charge on any atom is 0.119 e. The number of benzene rings is 4. The van der Waals surface area contributed by atoms with Gasteiger partial charge in [0.05, 0.1) is 146 Å². The van der Waals surface area contributed by atoms with Crippen LogP contribution in [-0.4, -0.2) is 159 Å². The largest absolute Gasteiger partial charge is 0.497 e. The molecule has 8 unspecified atom stereocenters. The summed E-state index contributed by atoms with van der Waals surface area (Å²) < 4.78 is 15.6. The summed E-state index contributed by atoms with van der Waals surface area (Å²) in [5, 5.41) is 84.0. The Labute approximate surface area is 857 Å². The van der Waals surface area contributed by atoms with Crippen LogP contribution in [0, 0.1) is 71.0 Å². The minimum absolute atomic E-state index is 0. The van der Waals surface area contributed by atoms with Crippen LogP contribution in [0.1, 0.15) is 214 Å². The van der Waals surface area contributed by atoms with Crippen molar-refractivity contribution in [3.8, 4) is 62.8 Å². The van der Waals surface area contributed by atoms with Gasteiger partial charge >= 0.3 is 0 Å². The Bertz CT molecular complexity index is 5280. The van der Waals surface area contributed by atoms with E-state index >= 15 is 0 Å². The number of pyridine rings is 8. The number of hydrogen-bond acceptors (Lipinski definition) is 19. The summed E-state index contributed by atoms with van der Waals surface area (Å²) in [6.07, 6.45) is 3.80. The van der Waals surface area contributed by atoms with Crippen LogP contribution in [0.4, 0.5) is 0 Å². The van der Waals surface area contributed by atoms with Crippen LogP contribution in [0.3, 0.4) is 0 Å². The van der Waals surface area contributed by atoms with Crippen molar-refractivity contribution >= 4 is 56.9 Å². The minimum atomic E-state index is -1.28. The third kappa shape index (κ3) is 42.0. The molecular weight excluding hydrogens is 2410 g/mol. The molecule has 24 heteroatoms. The van der Waals surface area contributed by atoms with Crippen LogP contribution < -0.4 is 19.4 Å². The van der Waals surface area contributed by atoms with Crippen LogP contribution >= 0.6 is 0 Å². The first-order chi connectivity index (χ1) is 59.9. The average Bonchev–Trinajstić information content (AvgIpc) is 0.796.